The maximum atomic E-state index is 13.7. The molecule has 2 atom stereocenters. The fourth-order valence-corrected chi connectivity index (χ4v) is 3.68. The number of nitrogens with zero attached hydrogens (tertiary/aromatic N) is 1. The molecule has 7 heteroatoms. The number of aliphatic hydroxyl groups excluding tert-OH is 1. The van der Waals surface area contributed by atoms with Gasteiger partial charge in [-0.1, -0.05) is 37.3 Å². The summed E-state index contributed by atoms with van der Waals surface area (Å²) < 4.78 is 27.3. The van der Waals surface area contributed by atoms with E-state index in [9.17, 15) is 18.7 Å². The van der Waals surface area contributed by atoms with Crippen LogP contribution in [0.5, 0.6) is 0 Å². The van der Waals surface area contributed by atoms with Gasteiger partial charge in [0, 0.05) is 31.5 Å². The van der Waals surface area contributed by atoms with E-state index in [-0.39, 0.29) is 25.3 Å². The molecule has 0 aliphatic carbocycles. The first-order valence-corrected chi connectivity index (χ1v) is 11.0. The van der Waals surface area contributed by atoms with Gasteiger partial charge in [0.15, 0.2) is 0 Å². The molecule has 0 fully saturated rings. The normalized spacial score (nSPS) is 12.8. The van der Waals surface area contributed by atoms with Gasteiger partial charge in [-0.15, -0.1) is 0 Å². The van der Waals surface area contributed by atoms with Crippen molar-refractivity contribution in [2.45, 2.75) is 44.9 Å². The number of aliphatic hydroxyl groups is 1. The predicted octanol–water partition coefficient (Wildman–Crippen LogP) is 3.34. The first-order chi connectivity index (χ1) is 15.9. The summed E-state index contributed by atoms with van der Waals surface area (Å²) in [6.07, 6.45) is 3.36. The molecule has 0 aliphatic heterocycles. The molecule has 3 N–H and O–H groups in total. The third-order valence-corrected chi connectivity index (χ3v) is 5.36. The Balaban J connectivity index is 1.65. The van der Waals surface area contributed by atoms with Crippen LogP contribution in [0.3, 0.4) is 0 Å². The molecule has 1 amide bonds. The predicted molar refractivity (Wildman–Crippen MR) is 123 cm³/mol. The lowest BCUT2D eigenvalue weighted by molar-refractivity contribution is -0.122. The molecule has 3 rings (SSSR count). The molecule has 5 nitrogen and oxygen atoms in total. The number of hydrogen-bond donors (Lipinski definition) is 3. The molecule has 2 aromatic carbocycles. The Hall–Kier alpha value is -3.16. The smallest absolute Gasteiger partial charge is 0.224 e. The third-order valence-electron chi connectivity index (χ3n) is 5.36. The van der Waals surface area contributed by atoms with E-state index >= 15 is 0 Å². The van der Waals surface area contributed by atoms with Crippen LogP contribution in [0.15, 0.2) is 67.0 Å². The van der Waals surface area contributed by atoms with Crippen molar-refractivity contribution in [2.24, 2.45) is 0 Å². The molecule has 2 unspecified atom stereocenters. The molecule has 1 heterocycles. The van der Waals surface area contributed by atoms with Crippen molar-refractivity contribution in [1.29, 1.82) is 0 Å². The molecule has 1 aromatic heterocycles. The summed E-state index contributed by atoms with van der Waals surface area (Å²) in [6, 6.07) is 14.2. The van der Waals surface area contributed by atoms with Crippen LogP contribution >= 0.6 is 0 Å². The van der Waals surface area contributed by atoms with Crippen molar-refractivity contribution in [3.05, 3.63) is 101 Å². The van der Waals surface area contributed by atoms with Gasteiger partial charge in [0.25, 0.3) is 0 Å². The Morgan fingerprint density at radius 3 is 2.42 bits per heavy atom. The maximum Gasteiger partial charge on any atom is 0.224 e. The summed E-state index contributed by atoms with van der Waals surface area (Å²) in [5.41, 5.74) is 3.40. The average Bonchev–Trinajstić information content (AvgIpc) is 2.78. The molecule has 0 spiro atoms. The van der Waals surface area contributed by atoms with E-state index in [1.54, 1.807) is 24.5 Å². The van der Waals surface area contributed by atoms with Crippen LogP contribution < -0.4 is 10.6 Å². The average molecular weight is 454 g/mol. The van der Waals surface area contributed by atoms with Gasteiger partial charge in [0.1, 0.15) is 11.6 Å². The van der Waals surface area contributed by atoms with Gasteiger partial charge in [-0.3, -0.25) is 9.78 Å². The topological polar surface area (TPSA) is 74.2 Å². The van der Waals surface area contributed by atoms with Crippen molar-refractivity contribution in [3.8, 4) is 0 Å². The van der Waals surface area contributed by atoms with Gasteiger partial charge in [0.2, 0.25) is 5.91 Å². The molecule has 3 aromatic rings. The lowest BCUT2D eigenvalue weighted by Gasteiger charge is -2.25. The summed E-state index contributed by atoms with van der Waals surface area (Å²) in [5.74, 6) is -1.71. The molecule has 174 valence electrons. The summed E-state index contributed by atoms with van der Waals surface area (Å²) in [7, 11) is 0. The lowest BCUT2D eigenvalue weighted by atomic mass is 10.00. The number of pyridine rings is 1. The Kier molecular flexibility index (Phi) is 9.04. The van der Waals surface area contributed by atoms with Crippen molar-refractivity contribution in [1.82, 2.24) is 15.6 Å². The number of nitrogens with one attached hydrogen (secondary N) is 2. The van der Waals surface area contributed by atoms with Crippen molar-refractivity contribution in [3.63, 3.8) is 0 Å². The van der Waals surface area contributed by atoms with Crippen LogP contribution in [0, 0.1) is 11.6 Å². The first-order valence-electron chi connectivity index (χ1n) is 11.0. The van der Waals surface area contributed by atoms with Gasteiger partial charge < -0.3 is 15.7 Å². The molecular weight excluding hydrogens is 424 g/mol. The first kappa shape index (κ1) is 24.5. The second-order valence-corrected chi connectivity index (χ2v) is 8.07. The number of benzene rings is 2. The van der Waals surface area contributed by atoms with Crippen LogP contribution in [0.25, 0.3) is 0 Å². The molecule has 0 bridgehead atoms. The molecule has 0 radical (unpaired) electrons. The highest BCUT2D eigenvalue weighted by molar-refractivity contribution is 5.78. The summed E-state index contributed by atoms with van der Waals surface area (Å²) >= 11 is 0. The standard InChI is InChI=1S/C26H29F2N3O2/c1-2-18-5-3-6-19(9-18)16-30-17-25(32)24(12-21-10-22(27)14-23(28)11-21)31-26(33)13-20-7-4-8-29-15-20/h3-11,14-15,24-25,30,32H,2,12-13,16-17H2,1H3,(H,31,33). The van der Waals surface area contributed by atoms with Gasteiger partial charge in [0.05, 0.1) is 18.6 Å². The lowest BCUT2D eigenvalue weighted by Crippen LogP contribution is -2.49. The third kappa shape index (κ3) is 8.04. The van der Waals surface area contributed by atoms with Crippen molar-refractivity contribution in [2.75, 3.05) is 6.54 Å². The maximum absolute atomic E-state index is 13.7. The second-order valence-electron chi connectivity index (χ2n) is 8.07. The largest absolute Gasteiger partial charge is 0.390 e. The zero-order valence-corrected chi connectivity index (χ0v) is 18.6. The van der Waals surface area contributed by atoms with Crippen LogP contribution in [0.2, 0.25) is 0 Å². The van der Waals surface area contributed by atoms with Crippen LogP contribution in [0.1, 0.15) is 29.2 Å². The van der Waals surface area contributed by atoms with Gasteiger partial charge in [-0.2, -0.15) is 0 Å². The van der Waals surface area contributed by atoms with Gasteiger partial charge >= 0.3 is 0 Å². The Morgan fingerprint density at radius 1 is 1.00 bits per heavy atom. The molecule has 0 aliphatic rings. The van der Waals surface area contributed by atoms with Gasteiger partial charge in [-0.05, 0) is 53.3 Å². The van der Waals surface area contributed by atoms with Crippen LogP contribution in [-0.4, -0.2) is 34.7 Å². The summed E-state index contributed by atoms with van der Waals surface area (Å²) in [5, 5.41) is 16.8. The van der Waals surface area contributed by atoms with E-state index in [2.05, 4.69) is 34.7 Å². The number of rotatable bonds is 11. The van der Waals surface area contributed by atoms with E-state index in [4.69, 9.17) is 0 Å². The molecule has 0 saturated heterocycles. The zero-order chi connectivity index (χ0) is 23.6. The minimum Gasteiger partial charge on any atom is -0.390 e. The highest BCUT2D eigenvalue weighted by Crippen LogP contribution is 2.13. The quantitative estimate of drug-likeness (QED) is 0.416. The highest BCUT2D eigenvalue weighted by atomic mass is 19.1. The molecule has 0 saturated carbocycles. The number of aromatic nitrogens is 1. The monoisotopic (exact) mass is 453 g/mol. The molecular formula is C26H29F2N3O2. The fourth-order valence-electron chi connectivity index (χ4n) is 3.68. The minimum atomic E-state index is -0.969. The highest BCUT2D eigenvalue weighted by Gasteiger charge is 2.22. The Morgan fingerprint density at radius 2 is 1.73 bits per heavy atom. The summed E-state index contributed by atoms with van der Waals surface area (Å²) in [6.45, 7) is 2.84. The van der Waals surface area contributed by atoms with E-state index in [1.165, 1.54) is 17.7 Å². The zero-order valence-electron chi connectivity index (χ0n) is 18.6. The van der Waals surface area contributed by atoms with E-state index in [1.807, 2.05) is 12.1 Å². The number of carbonyl (C=O) groups is 1. The number of amides is 1. The summed E-state index contributed by atoms with van der Waals surface area (Å²) in [4.78, 5) is 16.6. The Bertz CT molecular complexity index is 1030. The Labute approximate surface area is 192 Å². The number of halogens is 2. The minimum absolute atomic E-state index is 0.0849. The van der Waals surface area contributed by atoms with Crippen LogP contribution in [0.4, 0.5) is 8.78 Å². The second kappa shape index (κ2) is 12.2. The molecule has 33 heavy (non-hydrogen) atoms. The fraction of sp³-hybridized carbons (Fsp3) is 0.308. The van der Waals surface area contributed by atoms with Crippen molar-refractivity contribution < 1.29 is 18.7 Å². The number of carbonyl (C=O) groups excluding carboxylic acids is 1. The van der Waals surface area contributed by atoms with Crippen molar-refractivity contribution >= 4 is 5.91 Å². The van der Waals surface area contributed by atoms with E-state index in [0.717, 1.165) is 23.6 Å². The van der Waals surface area contributed by atoms with Crippen LogP contribution in [-0.2, 0) is 30.6 Å². The SMILES string of the molecule is CCc1cccc(CNCC(O)C(Cc2cc(F)cc(F)c2)NC(=O)Cc2cccnc2)c1. The van der Waals surface area contributed by atoms with E-state index in [0.29, 0.717) is 12.1 Å². The van der Waals surface area contributed by atoms with E-state index < -0.39 is 23.8 Å². The number of hydrogen-bond acceptors (Lipinski definition) is 4. The van der Waals surface area contributed by atoms with Gasteiger partial charge in [-0.25, -0.2) is 8.78 Å². The number of aryl methyl sites for hydroxylation is 1.